The Morgan fingerprint density at radius 3 is 2.43 bits per heavy atom. The maximum absolute atomic E-state index is 12.1. The smallest absolute Gasteiger partial charge is 0.275 e. The molecule has 0 radical (unpaired) electrons. The fourth-order valence-corrected chi connectivity index (χ4v) is 2.55. The summed E-state index contributed by atoms with van der Waals surface area (Å²) in [5.41, 5.74) is 1.67. The highest BCUT2D eigenvalue weighted by atomic mass is 32.1. The van der Waals surface area contributed by atoms with E-state index in [0.717, 1.165) is 5.01 Å². The standard InChI is InChI=1S/C15H17N3O2S/c1-9(2)15-18-13(8-21-15)14(20)17-12-6-4-5-11(7-12)16-10(3)19/h4-9H,1-3H3,(H,16,19)(H,17,20). The summed E-state index contributed by atoms with van der Waals surface area (Å²) in [6.45, 7) is 5.52. The minimum atomic E-state index is -0.252. The van der Waals surface area contributed by atoms with Gasteiger partial charge >= 0.3 is 0 Å². The normalized spacial score (nSPS) is 10.5. The summed E-state index contributed by atoms with van der Waals surface area (Å²) in [5.74, 6) is -0.0997. The Bertz CT molecular complexity index is 664. The number of anilines is 2. The van der Waals surface area contributed by atoms with Crippen LogP contribution in [-0.2, 0) is 4.79 Å². The van der Waals surface area contributed by atoms with E-state index in [4.69, 9.17) is 0 Å². The first kappa shape index (κ1) is 15.2. The Kier molecular flexibility index (Phi) is 4.70. The van der Waals surface area contributed by atoms with Gasteiger partial charge in [-0.25, -0.2) is 4.98 Å². The third kappa shape index (κ3) is 4.13. The molecule has 0 aliphatic rings. The maximum atomic E-state index is 12.1. The summed E-state index contributed by atoms with van der Waals surface area (Å²) in [5, 5.41) is 8.14. The molecular formula is C15H17N3O2S. The molecule has 0 fully saturated rings. The van der Waals surface area contributed by atoms with E-state index in [2.05, 4.69) is 15.6 Å². The zero-order valence-corrected chi connectivity index (χ0v) is 13.0. The SMILES string of the molecule is CC(=O)Nc1cccc(NC(=O)c2csc(C(C)C)n2)c1. The predicted molar refractivity (Wildman–Crippen MR) is 84.9 cm³/mol. The molecule has 1 aromatic heterocycles. The van der Waals surface area contributed by atoms with Gasteiger partial charge in [-0.2, -0.15) is 0 Å². The predicted octanol–water partition coefficient (Wildman–Crippen LogP) is 3.48. The number of aromatic nitrogens is 1. The second-order valence-electron chi connectivity index (χ2n) is 4.94. The van der Waals surface area contributed by atoms with Crippen LogP contribution in [0.1, 0.15) is 42.2 Å². The van der Waals surface area contributed by atoms with Crippen LogP contribution in [0.4, 0.5) is 11.4 Å². The van der Waals surface area contributed by atoms with E-state index in [0.29, 0.717) is 23.0 Å². The van der Waals surface area contributed by atoms with Gasteiger partial charge in [0.2, 0.25) is 5.91 Å². The van der Waals surface area contributed by atoms with Gasteiger partial charge in [0.05, 0.1) is 5.01 Å². The Morgan fingerprint density at radius 2 is 1.86 bits per heavy atom. The minimum Gasteiger partial charge on any atom is -0.326 e. The maximum Gasteiger partial charge on any atom is 0.275 e. The van der Waals surface area contributed by atoms with Crippen LogP contribution in [0, 0.1) is 0 Å². The van der Waals surface area contributed by atoms with Crippen LogP contribution in [0.5, 0.6) is 0 Å². The number of amides is 2. The van der Waals surface area contributed by atoms with Crippen LogP contribution in [0.25, 0.3) is 0 Å². The number of rotatable bonds is 4. The molecule has 2 N–H and O–H groups in total. The van der Waals surface area contributed by atoms with Gasteiger partial charge in [0.1, 0.15) is 5.69 Å². The number of carbonyl (C=O) groups is 2. The largest absolute Gasteiger partial charge is 0.326 e. The molecule has 0 unspecified atom stereocenters. The monoisotopic (exact) mass is 303 g/mol. The van der Waals surface area contributed by atoms with Crippen LogP contribution in [-0.4, -0.2) is 16.8 Å². The number of nitrogens with one attached hydrogen (secondary N) is 2. The van der Waals surface area contributed by atoms with E-state index in [1.165, 1.54) is 18.3 Å². The molecule has 1 aromatic carbocycles. The molecule has 2 aromatic rings. The van der Waals surface area contributed by atoms with Crippen molar-refractivity contribution in [3.63, 3.8) is 0 Å². The summed E-state index contributed by atoms with van der Waals surface area (Å²) >= 11 is 1.48. The van der Waals surface area contributed by atoms with E-state index >= 15 is 0 Å². The van der Waals surface area contributed by atoms with Crippen molar-refractivity contribution in [2.75, 3.05) is 10.6 Å². The lowest BCUT2D eigenvalue weighted by Gasteiger charge is -2.06. The van der Waals surface area contributed by atoms with Crippen LogP contribution >= 0.6 is 11.3 Å². The molecular weight excluding hydrogens is 286 g/mol. The van der Waals surface area contributed by atoms with Crippen LogP contribution in [0.2, 0.25) is 0 Å². The average molecular weight is 303 g/mol. The molecule has 0 bridgehead atoms. The Labute approximate surface area is 127 Å². The van der Waals surface area contributed by atoms with E-state index in [1.54, 1.807) is 29.6 Å². The third-order valence-electron chi connectivity index (χ3n) is 2.69. The van der Waals surface area contributed by atoms with E-state index in [9.17, 15) is 9.59 Å². The van der Waals surface area contributed by atoms with Crippen molar-refractivity contribution in [2.45, 2.75) is 26.7 Å². The van der Waals surface area contributed by atoms with Gasteiger partial charge in [-0.1, -0.05) is 19.9 Å². The molecule has 0 saturated carbocycles. The van der Waals surface area contributed by atoms with Crippen molar-refractivity contribution in [3.8, 4) is 0 Å². The highest BCUT2D eigenvalue weighted by molar-refractivity contribution is 7.09. The topological polar surface area (TPSA) is 71.1 Å². The second-order valence-corrected chi connectivity index (χ2v) is 5.83. The molecule has 6 heteroatoms. The quantitative estimate of drug-likeness (QED) is 0.908. The molecule has 0 aliphatic carbocycles. The minimum absolute atomic E-state index is 0.153. The first-order valence-corrected chi connectivity index (χ1v) is 7.48. The highest BCUT2D eigenvalue weighted by Gasteiger charge is 2.12. The first-order chi connectivity index (χ1) is 9.95. The molecule has 2 amide bonds. The average Bonchev–Trinajstić information content (AvgIpc) is 2.88. The van der Waals surface area contributed by atoms with Crippen molar-refractivity contribution in [3.05, 3.63) is 40.3 Å². The molecule has 21 heavy (non-hydrogen) atoms. The lowest BCUT2D eigenvalue weighted by molar-refractivity contribution is -0.114. The number of carbonyl (C=O) groups excluding carboxylic acids is 2. The van der Waals surface area contributed by atoms with E-state index in [1.807, 2.05) is 13.8 Å². The molecule has 0 spiro atoms. The van der Waals surface area contributed by atoms with Crippen LogP contribution < -0.4 is 10.6 Å². The lowest BCUT2D eigenvalue weighted by atomic mass is 10.2. The van der Waals surface area contributed by atoms with Gasteiger partial charge in [0, 0.05) is 29.6 Å². The highest BCUT2D eigenvalue weighted by Crippen LogP contribution is 2.20. The van der Waals surface area contributed by atoms with Crippen LogP contribution in [0.15, 0.2) is 29.6 Å². The zero-order valence-electron chi connectivity index (χ0n) is 12.1. The Morgan fingerprint density at radius 1 is 1.19 bits per heavy atom. The van der Waals surface area contributed by atoms with Crippen molar-refractivity contribution < 1.29 is 9.59 Å². The van der Waals surface area contributed by atoms with E-state index < -0.39 is 0 Å². The Hall–Kier alpha value is -2.21. The fourth-order valence-electron chi connectivity index (χ4n) is 1.73. The number of nitrogens with zero attached hydrogens (tertiary/aromatic N) is 1. The molecule has 0 atom stereocenters. The van der Waals surface area contributed by atoms with Crippen molar-refractivity contribution in [1.82, 2.24) is 4.98 Å². The molecule has 1 heterocycles. The molecule has 0 aliphatic heterocycles. The summed E-state index contributed by atoms with van der Waals surface area (Å²) in [6.07, 6.45) is 0. The molecule has 2 rings (SSSR count). The van der Waals surface area contributed by atoms with Gasteiger partial charge in [-0.05, 0) is 18.2 Å². The fraction of sp³-hybridized carbons (Fsp3) is 0.267. The number of hydrogen-bond donors (Lipinski definition) is 2. The van der Waals surface area contributed by atoms with E-state index in [-0.39, 0.29) is 11.8 Å². The molecule has 110 valence electrons. The summed E-state index contributed by atoms with van der Waals surface area (Å²) in [7, 11) is 0. The molecule has 5 nitrogen and oxygen atoms in total. The van der Waals surface area contributed by atoms with Gasteiger partial charge in [-0.15, -0.1) is 11.3 Å². The summed E-state index contributed by atoms with van der Waals surface area (Å²) < 4.78 is 0. The number of benzene rings is 1. The van der Waals surface area contributed by atoms with Crippen molar-refractivity contribution >= 4 is 34.5 Å². The summed E-state index contributed by atoms with van der Waals surface area (Å²) in [4.78, 5) is 27.5. The summed E-state index contributed by atoms with van der Waals surface area (Å²) in [6, 6.07) is 6.99. The van der Waals surface area contributed by atoms with Crippen LogP contribution in [0.3, 0.4) is 0 Å². The third-order valence-corrected chi connectivity index (χ3v) is 3.83. The van der Waals surface area contributed by atoms with Gasteiger partial charge in [0.25, 0.3) is 5.91 Å². The Balaban J connectivity index is 2.09. The first-order valence-electron chi connectivity index (χ1n) is 6.60. The van der Waals surface area contributed by atoms with Crippen molar-refractivity contribution in [1.29, 1.82) is 0 Å². The second kappa shape index (κ2) is 6.49. The number of hydrogen-bond acceptors (Lipinski definition) is 4. The van der Waals surface area contributed by atoms with Gasteiger partial charge in [0.15, 0.2) is 0 Å². The zero-order chi connectivity index (χ0) is 15.4. The van der Waals surface area contributed by atoms with Crippen molar-refractivity contribution in [2.24, 2.45) is 0 Å². The van der Waals surface area contributed by atoms with Gasteiger partial charge in [-0.3, -0.25) is 9.59 Å². The van der Waals surface area contributed by atoms with Gasteiger partial charge < -0.3 is 10.6 Å². The molecule has 0 saturated heterocycles. The lowest BCUT2D eigenvalue weighted by Crippen LogP contribution is -2.13. The number of thiazole rings is 1.